The van der Waals surface area contributed by atoms with Crippen LogP contribution < -0.4 is 11.1 Å². The number of carbonyl (C=O) groups excluding carboxylic acids is 2. The van der Waals surface area contributed by atoms with Crippen molar-refractivity contribution in [2.45, 2.75) is 39.7 Å². The molecule has 8 heteroatoms. The first kappa shape index (κ1) is 19.9. The van der Waals surface area contributed by atoms with Crippen LogP contribution in [0.3, 0.4) is 0 Å². The summed E-state index contributed by atoms with van der Waals surface area (Å²) in [5, 5.41) is 10.0. The molecule has 0 bridgehead atoms. The number of hydrogen-bond donors (Lipinski definition) is 3. The Morgan fingerprint density at radius 1 is 1.20 bits per heavy atom. The first-order chi connectivity index (χ1) is 14.3. The Bertz CT molecular complexity index is 1120. The van der Waals surface area contributed by atoms with Gasteiger partial charge in [-0.3, -0.25) is 14.7 Å². The minimum absolute atomic E-state index is 0.115. The summed E-state index contributed by atoms with van der Waals surface area (Å²) >= 11 is 0. The molecule has 1 aliphatic heterocycles. The number of rotatable bonds is 2. The highest BCUT2D eigenvalue weighted by Gasteiger charge is 2.34. The quantitative estimate of drug-likeness (QED) is 0.565. The maximum Gasteiger partial charge on any atom is 0.314 e. The second kappa shape index (κ2) is 7.78. The van der Waals surface area contributed by atoms with Crippen molar-refractivity contribution in [1.29, 1.82) is 0 Å². The van der Waals surface area contributed by atoms with Gasteiger partial charge in [0.25, 0.3) is 0 Å². The third kappa shape index (κ3) is 3.60. The maximum absolute atomic E-state index is 13.2. The lowest BCUT2D eigenvalue weighted by atomic mass is 9.88. The van der Waals surface area contributed by atoms with Crippen molar-refractivity contribution < 1.29 is 9.59 Å². The average Bonchev–Trinajstić information content (AvgIpc) is 3.23. The number of H-pyrrole nitrogens is 1. The second-order valence-corrected chi connectivity index (χ2v) is 8.17. The molecule has 1 aliphatic rings. The molecule has 1 aromatic carbocycles. The van der Waals surface area contributed by atoms with E-state index in [9.17, 15) is 9.59 Å². The zero-order valence-corrected chi connectivity index (χ0v) is 17.4. The Balaban J connectivity index is 1.60. The molecule has 3 heterocycles. The minimum atomic E-state index is -0.694. The number of benzene rings is 1. The number of pyridine rings is 1. The summed E-state index contributed by atoms with van der Waals surface area (Å²) in [5.41, 5.74) is 10.2. The number of aryl methyl sites for hydroxylation is 2. The Morgan fingerprint density at radius 2 is 2.00 bits per heavy atom. The number of piperidine rings is 1. The summed E-state index contributed by atoms with van der Waals surface area (Å²) in [7, 11) is 0. The van der Waals surface area contributed by atoms with E-state index in [-0.39, 0.29) is 6.04 Å². The van der Waals surface area contributed by atoms with Gasteiger partial charge in [-0.2, -0.15) is 5.10 Å². The molecule has 0 saturated carbocycles. The highest BCUT2D eigenvalue weighted by molar-refractivity contribution is 6.40. The smallest absolute Gasteiger partial charge is 0.314 e. The Hall–Kier alpha value is -3.42. The first-order valence-corrected chi connectivity index (χ1v) is 10.1. The Labute approximate surface area is 174 Å². The van der Waals surface area contributed by atoms with Crippen LogP contribution in [-0.2, 0) is 9.59 Å². The summed E-state index contributed by atoms with van der Waals surface area (Å²) < 4.78 is 0. The van der Waals surface area contributed by atoms with E-state index in [1.807, 2.05) is 0 Å². The average molecular weight is 406 g/mol. The number of aromatic nitrogens is 3. The van der Waals surface area contributed by atoms with Crippen LogP contribution in [0.1, 0.15) is 42.5 Å². The van der Waals surface area contributed by atoms with Gasteiger partial charge in [-0.05, 0) is 49.3 Å². The molecule has 156 valence electrons. The molecule has 2 amide bonds. The minimum Gasteiger partial charge on any atom is -0.383 e. The monoisotopic (exact) mass is 406 g/mol. The molecule has 8 nitrogen and oxygen atoms in total. The fourth-order valence-corrected chi connectivity index (χ4v) is 4.05. The van der Waals surface area contributed by atoms with Crippen LogP contribution in [0.15, 0.2) is 30.6 Å². The fourth-order valence-electron chi connectivity index (χ4n) is 4.05. The number of nitrogens with zero attached hydrogens (tertiary/aromatic N) is 3. The summed E-state index contributed by atoms with van der Waals surface area (Å²) in [6, 6.07) is 6.13. The molecule has 30 heavy (non-hydrogen) atoms. The van der Waals surface area contributed by atoms with E-state index in [2.05, 4.69) is 59.5 Å². The van der Waals surface area contributed by atoms with E-state index in [1.54, 1.807) is 4.90 Å². The SMILES string of the molecule is Cc1ccc([C@H]2CC[C@H](C)CN2C(=O)C(=O)Nc2cnc(N)c3cn[nH]c23)cc1C. The summed E-state index contributed by atoms with van der Waals surface area (Å²) in [5.74, 6) is -0.598. The van der Waals surface area contributed by atoms with Crippen molar-refractivity contribution in [3.8, 4) is 0 Å². The van der Waals surface area contributed by atoms with E-state index in [4.69, 9.17) is 5.73 Å². The van der Waals surface area contributed by atoms with Crippen molar-refractivity contribution in [3.05, 3.63) is 47.3 Å². The lowest BCUT2D eigenvalue weighted by Crippen LogP contribution is -2.46. The van der Waals surface area contributed by atoms with Crippen LogP contribution >= 0.6 is 0 Å². The molecule has 0 spiro atoms. The number of likely N-dealkylation sites (tertiary alicyclic amines) is 1. The van der Waals surface area contributed by atoms with Gasteiger partial charge in [-0.1, -0.05) is 25.1 Å². The van der Waals surface area contributed by atoms with Crippen molar-refractivity contribution in [3.63, 3.8) is 0 Å². The molecule has 2 aromatic heterocycles. The van der Waals surface area contributed by atoms with E-state index in [0.29, 0.717) is 34.9 Å². The van der Waals surface area contributed by atoms with Crippen LogP contribution in [-0.4, -0.2) is 38.4 Å². The van der Waals surface area contributed by atoms with Gasteiger partial charge in [-0.25, -0.2) is 4.98 Å². The molecule has 0 aliphatic carbocycles. The normalized spacial score (nSPS) is 19.1. The summed E-state index contributed by atoms with van der Waals surface area (Å²) in [4.78, 5) is 31.8. The van der Waals surface area contributed by atoms with Gasteiger partial charge in [0.1, 0.15) is 5.82 Å². The second-order valence-electron chi connectivity index (χ2n) is 8.17. The van der Waals surface area contributed by atoms with Crippen molar-refractivity contribution >= 4 is 34.2 Å². The lowest BCUT2D eigenvalue weighted by molar-refractivity contribution is -0.146. The molecule has 3 aromatic rings. The van der Waals surface area contributed by atoms with Crippen LogP contribution in [0.2, 0.25) is 0 Å². The van der Waals surface area contributed by atoms with Gasteiger partial charge >= 0.3 is 11.8 Å². The predicted octanol–water partition coefficient (Wildman–Crippen LogP) is 3.10. The van der Waals surface area contributed by atoms with Gasteiger partial charge in [0, 0.05) is 6.54 Å². The first-order valence-electron chi connectivity index (χ1n) is 10.1. The van der Waals surface area contributed by atoms with Gasteiger partial charge in [0.15, 0.2) is 0 Å². The maximum atomic E-state index is 13.2. The molecule has 0 radical (unpaired) electrons. The van der Waals surface area contributed by atoms with E-state index < -0.39 is 11.8 Å². The third-order valence-electron chi connectivity index (χ3n) is 5.95. The Kier molecular flexibility index (Phi) is 5.15. The standard InChI is InChI=1S/C22H26N6O2/c1-12-4-7-18(15-6-5-13(2)14(3)8-15)28(11-12)22(30)21(29)26-17-10-24-20(23)16-9-25-27-19(16)17/h5-6,8-10,12,18H,4,7,11H2,1-3H3,(H2,23,24)(H,25,27)(H,26,29)/t12-,18+/m0/s1. The lowest BCUT2D eigenvalue weighted by Gasteiger charge is -2.38. The number of aromatic amines is 1. The number of nitrogens with two attached hydrogens (primary N) is 1. The van der Waals surface area contributed by atoms with Gasteiger partial charge < -0.3 is 16.0 Å². The van der Waals surface area contributed by atoms with E-state index >= 15 is 0 Å². The number of hydrogen-bond acceptors (Lipinski definition) is 5. The number of nitrogens with one attached hydrogen (secondary N) is 2. The topological polar surface area (TPSA) is 117 Å². The van der Waals surface area contributed by atoms with Crippen LogP contribution in [0.4, 0.5) is 11.5 Å². The van der Waals surface area contributed by atoms with E-state index in [1.165, 1.54) is 23.5 Å². The highest BCUT2D eigenvalue weighted by atomic mass is 16.2. The fraction of sp³-hybridized carbons (Fsp3) is 0.364. The molecule has 4 rings (SSSR count). The number of nitrogen functional groups attached to an aromatic ring is 1. The van der Waals surface area contributed by atoms with Crippen molar-refractivity contribution in [2.24, 2.45) is 5.92 Å². The summed E-state index contributed by atoms with van der Waals surface area (Å²) in [6.07, 6.45) is 4.81. The zero-order valence-electron chi connectivity index (χ0n) is 17.4. The molecular weight excluding hydrogens is 380 g/mol. The summed E-state index contributed by atoms with van der Waals surface area (Å²) in [6.45, 7) is 6.78. The highest BCUT2D eigenvalue weighted by Crippen LogP contribution is 2.34. The number of anilines is 2. The third-order valence-corrected chi connectivity index (χ3v) is 5.95. The number of carbonyl (C=O) groups is 2. The van der Waals surface area contributed by atoms with Crippen molar-refractivity contribution in [2.75, 3.05) is 17.6 Å². The molecule has 1 fully saturated rings. The Morgan fingerprint density at radius 3 is 2.77 bits per heavy atom. The van der Waals surface area contributed by atoms with Crippen molar-refractivity contribution in [1.82, 2.24) is 20.1 Å². The van der Waals surface area contributed by atoms with E-state index in [0.717, 1.165) is 18.4 Å². The molecule has 2 atom stereocenters. The number of amides is 2. The molecule has 1 saturated heterocycles. The van der Waals surface area contributed by atoms with Crippen LogP contribution in [0.5, 0.6) is 0 Å². The van der Waals surface area contributed by atoms with Gasteiger partial charge in [0.2, 0.25) is 0 Å². The molecular formula is C22H26N6O2. The zero-order chi connectivity index (χ0) is 21.4. The predicted molar refractivity (Wildman–Crippen MR) is 116 cm³/mol. The van der Waals surface area contributed by atoms with Gasteiger partial charge in [-0.15, -0.1) is 0 Å². The largest absolute Gasteiger partial charge is 0.383 e. The number of fused-ring (bicyclic) bond motifs is 1. The van der Waals surface area contributed by atoms with Crippen LogP contribution in [0.25, 0.3) is 10.9 Å². The van der Waals surface area contributed by atoms with Gasteiger partial charge in [0.05, 0.1) is 35.0 Å². The molecule has 0 unspecified atom stereocenters. The van der Waals surface area contributed by atoms with Crippen LogP contribution in [0, 0.1) is 19.8 Å². The molecule has 4 N–H and O–H groups in total.